The molecule has 0 saturated carbocycles. The summed E-state index contributed by atoms with van der Waals surface area (Å²) < 4.78 is 0. The number of aliphatic carboxylic acids is 1. The van der Waals surface area contributed by atoms with Crippen LogP contribution in [0, 0.1) is 0 Å². The van der Waals surface area contributed by atoms with E-state index in [0.29, 0.717) is 5.75 Å². The predicted molar refractivity (Wildman–Crippen MR) is 97.5 cm³/mol. The zero-order chi connectivity index (χ0) is 18.8. The molecule has 0 radical (unpaired) electrons. The van der Waals surface area contributed by atoms with Gasteiger partial charge in [0, 0.05) is 6.92 Å². The van der Waals surface area contributed by atoms with Crippen molar-refractivity contribution in [3.63, 3.8) is 0 Å². The van der Waals surface area contributed by atoms with Gasteiger partial charge in [-0.05, 0) is 32.9 Å². The summed E-state index contributed by atoms with van der Waals surface area (Å²) in [7, 11) is 0. The molecule has 1 aromatic carbocycles. The van der Waals surface area contributed by atoms with Gasteiger partial charge in [0.2, 0.25) is 0 Å². The van der Waals surface area contributed by atoms with Crippen molar-refractivity contribution in [2.75, 3.05) is 0 Å². The normalized spacial score (nSPS) is 12.4. The van der Waals surface area contributed by atoms with Gasteiger partial charge in [-0.2, -0.15) is 0 Å². The van der Waals surface area contributed by atoms with Gasteiger partial charge in [-0.3, -0.25) is 4.79 Å². The van der Waals surface area contributed by atoms with Crippen LogP contribution in [0.25, 0.3) is 0 Å². The largest absolute Gasteiger partial charge is 0.507 e. The fraction of sp³-hybridized carbons (Fsp3) is 0.650. The Labute approximate surface area is 141 Å². The lowest BCUT2D eigenvalue weighted by Gasteiger charge is -2.31. The van der Waals surface area contributed by atoms with E-state index in [4.69, 9.17) is 9.90 Å². The topological polar surface area (TPSA) is 57.5 Å². The Morgan fingerprint density at radius 2 is 1.04 bits per heavy atom. The van der Waals surface area contributed by atoms with Crippen LogP contribution in [0.15, 0.2) is 12.1 Å². The standard InChI is InChI=1S/C18H30O.C2H4O2/c1-16(2,3)12-10-13(17(4,5)6)15(19)14(11-12)18(7,8)9;1-2(3)4/h10-11,19H,1-9H3;1H3,(H,3,4). The van der Waals surface area contributed by atoms with E-state index >= 15 is 0 Å². The Morgan fingerprint density at radius 1 is 0.783 bits per heavy atom. The SMILES string of the molecule is CC(=O)O.CC(C)(C)c1cc(C(C)(C)C)c(O)c(C(C)(C)C)c1. The van der Waals surface area contributed by atoms with Crippen LogP contribution in [-0.4, -0.2) is 16.2 Å². The molecule has 0 aliphatic rings. The maximum Gasteiger partial charge on any atom is 0.300 e. The summed E-state index contributed by atoms with van der Waals surface area (Å²) in [4.78, 5) is 9.00. The van der Waals surface area contributed by atoms with Crippen molar-refractivity contribution in [3.05, 3.63) is 28.8 Å². The van der Waals surface area contributed by atoms with Crippen LogP contribution in [-0.2, 0) is 21.0 Å². The number of benzene rings is 1. The van der Waals surface area contributed by atoms with Gasteiger partial charge in [0.05, 0.1) is 0 Å². The molecule has 0 amide bonds. The van der Waals surface area contributed by atoms with E-state index in [1.54, 1.807) is 0 Å². The number of carboxylic acid groups (broad SMARTS) is 1. The van der Waals surface area contributed by atoms with Crippen LogP contribution in [0.4, 0.5) is 0 Å². The zero-order valence-corrected chi connectivity index (χ0v) is 16.5. The average molecular weight is 322 g/mol. The number of rotatable bonds is 0. The van der Waals surface area contributed by atoms with Crippen molar-refractivity contribution in [1.82, 2.24) is 0 Å². The monoisotopic (exact) mass is 322 g/mol. The van der Waals surface area contributed by atoms with Crippen LogP contribution in [0.2, 0.25) is 0 Å². The smallest absolute Gasteiger partial charge is 0.300 e. The summed E-state index contributed by atoms with van der Waals surface area (Å²) in [5.74, 6) is -0.368. The van der Waals surface area contributed by atoms with Crippen LogP contribution in [0.3, 0.4) is 0 Å². The van der Waals surface area contributed by atoms with E-state index in [1.807, 2.05) is 0 Å². The summed E-state index contributed by atoms with van der Waals surface area (Å²) in [6.07, 6.45) is 0. The molecule has 3 heteroatoms. The van der Waals surface area contributed by atoms with E-state index in [2.05, 4.69) is 74.4 Å². The molecule has 0 aromatic heterocycles. The molecule has 3 nitrogen and oxygen atoms in total. The predicted octanol–water partition coefficient (Wildman–Crippen LogP) is 5.38. The first-order valence-electron chi connectivity index (χ1n) is 8.06. The molecule has 0 bridgehead atoms. The molecule has 0 fully saturated rings. The molecule has 132 valence electrons. The fourth-order valence-corrected chi connectivity index (χ4v) is 2.21. The van der Waals surface area contributed by atoms with Crippen molar-refractivity contribution in [1.29, 1.82) is 0 Å². The fourth-order valence-electron chi connectivity index (χ4n) is 2.21. The number of carbonyl (C=O) groups is 1. The number of phenols is 1. The minimum atomic E-state index is -0.833. The summed E-state index contributed by atoms with van der Waals surface area (Å²) in [5, 5.41) is 18.1. The van der Waals surface area contributed by atoms with Crippen LogP contribution in [0.5, 0.6) is 5.75 Å². The van der Waals surface area contributed by atoms with Crippen molar-refractivity contribution in [2.45, 2.75) is 85.5 Å². The number of phenolic OH excluding ortho intramolecular Hbond substituents is 1. The first-order chi connectivity index (χ1) is 9.98. The van der Waals surface area contributed by atoms with Crippen molar-refractivity contribution >= 4 is 5.97 Å². The molecular weight excluding hydrogens is 288 g/mol. The number of aromatic hydroxyl groups is 1. The molecule has 0 atom stereocenters. The maximum atomic E-state index is 10.7. The quantitative estimate of drug-likeness (QED) is 0.674. The molecule has 0 heterocycles. The van der Waals surface area contributed by atoms with Gasteiger partial charge in [0.1, 0.15) is 5.75 Å². The van der Waals surface area contributed by atoms with Crippen molar-refractivity contribution < 1.29 is 15.0 Å². The van der Waals surface area contributed by atoms with E-state index in [1.165, 1.54) is 5.56 Å². The van der Waals surface area contributed by atoms with Gasteiger partial charge in [-0.25, -0.2) is 0 Å². The minimum Gasteiger partial charge on any atom is -0.507 e. The van der Waals surface area contributed by atoms with Gasteiger partial charge >= 0.3 is 0 Å². The minimum absolute atomic E-state index is 0.0503. The Morgan fingerprint density at radius 3 is 1.22 bits per heavy atom. The highest BCUT2D eigenvalue weighted by Gasteiger charge is 2.28. The van der Waals surface area contributed by atoms with Gasteiger partial charge in [-0.15, -0.1) is 0 Å². The highest BCUT2D eigenvalue weighted by atomic mass is 16.4. The molecule has 1 rings (SSSR count). The summed E-state index contributed by atoms with van der Waals surface area (Å²) >= 11 is 0. The molecule has 0 aliphatic carbocycles. The molecule has 1 aromatic rings. The first kappa shape index (κ1) is 21.5. The van der Waals surface area contributed by atoms with E-state index < -0.39 is 5.97 Å². The summed E-state index contributed by atoms with van der Waals surface area (Å²) in [6.45, 7) is 20.7. The first-order valence-corrected chi connectivity index (χ1v) is 8.06. The van der Waals surface area contributed by atoms with Gasteiger partial charge < -0.3 is 10.2 Å². The maximum absolute atomic E-state index is 10.7. The summed E-state index contributed by atoms with van der Waals surface area (Å²) in [5.41, 5.74) is 3.37. The third-order valence-electron chi connectivity index (χ3n) is 3.59. The third-order valence-corrected chi connectivity index (χ3v) is 3.59. The van der Waals surface area contributed by atoms with Crippen LogP contribution < -0.4 is 0 Å². The third kappa shape index (κ3) is 6.64. The van der Waals surface area contributed by atoms with E-state index in [0.717, 1.165) is 18.1 Å². The second-order valence-corrected chi connectivity index (χ2v) is 9.19. The average Bonchev–Trinajstić information content (AvgIpc) is 2.23. The molecule has 0 saturated heterocycles. The Kier molecular flexibility index (Phi) is 6.48. The van der Waals surface area contributed by atoms with E-state index in [9.17, 15) is 5.11 Å². The molecule has 0 spiro atoms. The highest BCUT2D eigenvalue weighted by Crippen LogP contribution is 2.41. The number of carboxylic acids is 1. The van der Waals surface area contributed by atoms with E-state index in [-0.39, 0.29) is 16.2 Å². The molecule has 2 N–H and O–H groups in total. The lowest BCUT2D eigenvalue weighted by atomic mass is 9.75. The second-order valence-electron chi connectivity index (χ2n) is 9.19. The van der Waals surface area contributed by atoms with Crippen LogP contribution >= 0.6 is 0 Å². The zero-order valence-electron chi connectivity index (χ0n) is 16.5. The Hall–Kier alpha value is -1.51. The van der Waals surface area contributed by atoms with Gasteiger partial charge in [-0.1, -0.05) is 74.4 Å². The second kappa shape index (κ2) is 6.94. The Bertz CT molecular complexity index is 511. The van der Waals surface area contributed by atoms with Gasteiger partial charge in [0.15, 0.2) is 0 Å². The highest BCUT2D eigenvalue weighted by molar-refractivity contribution is 5.63. The van der Waals surface area contributed by atoms with Crippen molar-refractivity contribution in [3.8, 4) is 5.75 Å². The molecule has 23 heavy (non-hydrogen) atoms. The summed E-state index contributed by atoms with van der Waals surface area (Å²) in [6, 6.07) is 4.34. The lowest BCUT2D eigenvalue weighted by molar-refractivity contribution is -0.134. The van der Waals surface area contributed by atoms with Crippen LogP contribution in [0.1, 0.15) is 85.9 Å². The van der Waals surface area contributed by atoms with Crippen molar-refractivity contribution in [2.24, 2.45) is 0 Å². The molecular formula is C20H34O3. The van der Waals surface area contributed by atoms with Gasteiger partial charge in [0.25, 0.3) is 5.97 Å². The lowest BCUT2D eigenvalue weighted by Crippen LogP contribution is -2.21. The molecule has 0 unspecified atom stereocenters. The molecule has 0 aliphatic heterocycles. The number of hydrogen-bond acceptors (Lipinski definition) is 2. The number of hydrogen-bond donors (Lipinski definition) is 2. The Balaban J connectivity index is 0.00000108.